The van der Waals surface area contributed by atoms with E-state index in [9.17, 15) is 14.4 Å². The van der Waals surface area contributed by atoms with Crippen LogP contribution in [0, 0.1) is 21.5 Å². The molecule has 1 unspecified atom stereocenters. The third-order valence-corrected chi connectivity index (χ3v) is 10.4. The molecule has 0 bridgehead atoms. The fourth-order valence-electron chi connectivity index (χ4n) is 3.00. The summed E-state index contributed by atoms with van der Waals surface area (Å²) < 4.78 is 19.6. The molecule has 1 saturated heterocycles. The van der Waals surface area contributed by atoms with Crippen molar-refractivity contribution in [3.8, 4) is 0 Å². The summed E-state index contributed by atoms with van der Waals surface area (Å²) in [4.78, 5) is 37.6. The zero-order valence-electron chi connectivity index (χ0n) is 17.7. The van der Waals surface area contributed by atoms with Crippen molar-refractivity contribution in [1.29, 1.82) is 0 Å². The van der Waals surface area contributed by atoms with Crippen LogP contribution in [-0.4, -0.2) is 46.1 Å². The van der Waals surface area contributed by atoms with Gasteiger partial charge in [-0.05, 0) is 0 Å². The zero-order chi connectivity index (χ0) is 23.4. The Kier molecular flexibility index (Phi) is 10.7. The summed E-state index contributed by atoms with van der Waals surface area (Å²) >= 11 is 5.87. The first-order valence-electron chi connectivity index (χ1n) is 9.57. The molecule has 31 heavy (non-hydrogen) atoms. The molecular weight excluding hydrogens is 856 g/mol. The Morgan fingerprint density at radius 1 is 1.06 bits per heavy atom. The Balaban J connectivity index is 1.81. The number of carbonyl (C=O) groups is 3. The first-order valence-corrected chi connectivity index (χ1v) is 15.4. The molecular formula is C21H25I4O6-. The second kappa shape index (κ2) is 11.9. The van der Waals surface area contributed by atoms with Gasteiger partial charge in [0.15, 0.2) is 0 Å². The second-order valence-corrected chi connectivity index (χ2v) is 14.8. The van der Waals surface area contributed by atoms with Crippen LogP contribution < -0.4 is 21.2 Å². The number of esters is 2. The van der Waals surface area contributed by atoms with E-state index in [1.54, 1.807) is 27.7 Å². The van der Waals surface area contributed by atoms with Crippen molar-refractivity contribution in [1.82, 2.24) is 0 Å². The summed E-state index contributed by atoms with van der Waals surface area (Å²) in [5.74, 6) is -0.712. The number of carbonyl (C=O) groups excluding carboxylic acids is 3. The average Bonchev–Trinajstić information content (AvgIpc) is 3.49. The van der Waals surface area contributed by atoms with E-state index in [-0.39, 0.29) is 35.0 Å². The Morgan fingerprint density at radius 2 is 1.65 bits per heavy atom. The predicted octanol–water partition coefficient (Wildman–Crippen LogP) is 1.66. The van der Waals surface area contributed by atoms with Crippen LogP contribution in [0.4, 0.5) is 0 Å². The second-order valence-electron chi connectivity index (χ2n) is 8.48. The number of benzene rings is 1. The summed E-state index contributed by atoms with van der Waals surface area (Å²) in [6, 6.07) is 3.96. The molecule has 1 aliphatic heterocycles. The van der Waals surface area contributed by atoms with Crippen LogP contribution in [0.2, 0.25) is 0 Å². The van der Waals surface area contributed by atoms with Gasteiger partial charge in [-0.3, -0.25) is 0 Å². The Morgan fingerprint density at radius 3 is 2.23 bits per heavy atom. The van der Waals surface area contributed by atoms with Gasteiger partial charge in [0.2, 0.25) is 0 Å². The van der Waals surface area contributed by atoms with E-state index in [0.717, 1.165) is 16.3 Å². The molecule has 1 aromatic rings. The van der Waals surface area contributed by atoms with Crippen molar-refractivity contribution < 1.29 is 49.8 Å². The van der Waals surface area contributed by atoms with Gasteiger partial charge in [-0.25, -0.2) is 0 Å². The average molecular weight is 881 g/mol. The molecule has 2 rings (SSSR count). The van der Waals surface area contributed by atoms with Crippen molar-refractivity contribution in [2.45, 2.75) is 40.2 Å². The van der Waals surface area contributed by atoms with Gasteiger partial charge in [0, 0.05) is 0 Å². The normalized spacial score (nSPS) is 16.2. The van der Waals surface area contributed by atoms with Gasteiger partial charge in [0.1, 0.15) is 0 Å². The van der Waals surface area contributed by atoms with Crippen molar-refractivity contribution in [3.05, 3.63) is 28.4 Å². The summed E-state index contributed by atoms with van der Waals surface area (Å²) in [7, 11) is 0. The van der Waals surface area contributed by atoms with E-state index in [1.165, 1.54) is 0 Å². The van der Waals surface area contributed by atoms with Gasteiger partial charge < -0.3 is 0 Å². The molecule has 0 spiro atoms. The fourth-order valence-corrected chi connectivity index (χ4v) is 7.68. The first kappa shape index (κ1) is 28.0. The molecule has 0 aliphatic carbocycles. The number of alkyl halides is 1. The van der Waals surface area contributed by atoms with Crippen LogP contribution >= 0.6 is 67.8 Å². The van der Waals surface area contributed by atoms with Gasteiger partial charge in [0.25, 0.3) is 0 Å². The number of epoxide rings is 1. The van der Waals surface area contributed by atoms with Gasteiger partial charge >= 0.3 is 237 Å². The van der Waals surface area contributed by atoms with E-state index in [1.807, 2.05) is 12.1 Å². The fraction of sp³-hybridized carbons (Fsp3) is 0.571. The topological polar surface area (TPSA) is 82.2 Å². The van der Waals surface area contributed by atoms with Crippen LogP contribution in [-0.2, 0) is 23.8 Å². The third kappa shape index (κ3) is 8.77. The summed E-state index contributed by atoms with van der Waals surface area (Å²) in [5, 5.41) is 0. The first-order chi connectivity index (χ1) is 14.3. The van der Waals surface area contributed by atoms with Gasteiger partial charge in [-0.15, -0.1) is 0 Å². The van der Waals surface area contributed by atoms with Gasteiger partial charge in [0.05, 0.1) is 0 Å². The van der Waals surface area contributed by atoms with Crippen molar-refractivity contribution >= 4 is 83.5 Å². The Labute approximate surface area is 234 Å². The van der Waals surface area contributed by atoms with Crippen molar-refractivity contribution in [2.75, 3.05) is 24.2 Å². The molecule has 1 fully saturated rings. The van der Waals surface area contributed by atoms with E-state index in [0.29, 0.717) is 17.5 Å². The van der Waals surface area contributed by atoms with E-state index in [4.69, 9.17) is 14.2 Å². The van der Waals surface area contributed by atoms with E-state index >= 15 is 0 Å². The van der Waals surface area contributed by atoms with E-state index in [2.05, 4.69) is 67.8 Å². The number of hydrogen-bond acceptors (Lipinski definition) is 6. The molecule has 10 heteroatoms. The maximum atomic E-state index is 12.6. The summed E-state index contributed by atoms with van der Waals surface area (Å²) in [6.45, 7) is 8.17. The maximum absolute atomic E-state index is 12.6. The molecule has 0 amide bonds. The Hall–Kier alpha value is 0.710. The number of halogens is 4. The quantitative estimate of drug-likeness (QED) is 0.0641. The molecule has 174 valence electrons. The Bertz CT molecular complexity index is 849. The zero-order valence-corrected chi connectivity index (χ0v) is 26.4. The molecule has 1 atom stereocenters. The monoisotopic (exact) mass is 881 g/mol. The number of hydrogen-bond donors (Lipinski definition) is 0. The van der Waals surface area contributed by atoms with Gasteiger partial charge in [-0.2, -0.15) is 0 Å². The van der Waals surface area contributed by atoms with Crippen LogP contribution in [0.25, 0.3) is 0 Å². The number of ether oxygens (including phenoxy) is 3. The molecule has 0 aromatic heterocycles. The number of rotatable bonds is 11. The molecule has 0 radical (unpaired) electrons. The molecule has 1 heterocycles. The molecule has 1 aromatic carbocycles. The van der Waals surface area contributed by atoms with Crippen LogP contribution in [0.5, 0.6) is 0 Å². The van der Waals surface area contributed by atoms with Crippen LogP contribution in [0.1, 0.15) is 44.5 Å². The summed E-state index contributed by atoms with van der Waals surface area (Å²) in [5.41, 5.74) is -0.909. The molecule has 0 N–H and O–H groups in total. The van der Waals surface area contributed by atoms with Gasteiger partial charge in [-0.1, -0.05) is 0 Å². The van der Waals surface area contributed by atoms with Crippen molar-refractivity contribution in [3.63, 3.8) is 0 Å². The SMILES string of the molecule is CC(C)(CC(C)(C)C(=O)OCC1CO1)C(=O)OCC[I-]C(=O)c1cc(I)cc(I)c1I. The standard InChI is InChI=1S/C21H25I4O6/c1-20(2,11-21(3,4)19(28)31-10-13-9-30-13)18(27)29-6-5-25-17(26)14-7-12(22)8-15(23)16(14)24/h7-8,13H,5-6,9-11H2,1-4H3/q-1. The molecule has 0 saturated carbocycles. The summed E-state index contributed by atoms with van der Waals surface area (Å²) in [6.07, 6.45) is 0.311. The third-order valence-electron chi connectivity index (χ3n) is 4.52. The van der Waals surface area contributed by atoms with Crippen molar-refractivity contribution in [2.24, 2.45) is 10.8 Å². The molecule has 1 aliphatic rings. The minimum atomic E-state index is -0.845. The predicted molar refractivity (Wildman–Crippen MR) is 138 cm³/mol. The van der Waals surface area contributed by atoms with E-state index < -0.39 is 32.0 Å². The van der Waals surface area contributed by atoms with Crippen LogP contribution in [0.3, 0.4) is 0 Å². The molecule has 6 nitrogen and oxygen atoms in total. The minimum absolute atomic E-state index is 0.00911. The van der Waals surface area contributed by atoms with Crippen LogP contribution in [0.15, 0.2) is 12.1 Å².